The van der Waals surface area contributed by atoms with Gasteiger partial charge < -0.3 is 10.2 Å². The maximum atomic E-state index is 5.48. The maximum Gasteiger partial charge on any atom is 0.173 e. The van der Waals surface area contributed by atoms with Gasteiger partial charge in [0.2, 0.25) is 0 Å². The highest BCUT2D eigenvalue weighted by molar-refractivity contribution is 7.80. The van der Waals surface area contributed by atoms with Crippen LogP contribution in [0, 0.1) is 11.8 Å². The number of thiocarbonyl (C=S) groups is 1. The van der Waals surface area contributed by atoms with Gasteiger partial charge in [-0.3, -0.25) is 0 Å². The van der Waals surface area contributed by atoms with E-state index >= 15 is 0 Å². The zero-order valence-corrected chi connectivity index (χ0v) is 12.0. The van der Waals surface area contributed by atoms with Crippen LogP contribution in [-0.4, -0.2) is 23.1 Å². The van der Waals surface area contributed by atoms with Crippen LogP contribution < -0.4 is 5.32 Å². The van der Waals surface area contributed by atoms with Crippen molar-refractivity contribution in [1.82, 2.24) is 4.90 Å². The van der Waals surface area contributed by atoms with E-state index < -0.39 is 0 Å². The molecule has 0 atom stereocenters. The molecule has 0 bridgehead atoms. The quantitative estimate of drug-likeness (QED) is 0.817. The highest BCUT2D eigenvalue weighted by atomic mass is 32.1. The third-order valence-electron chi connectivity index (χ3n) is 3.79. The van der Waals surface area contributed by atoms with E-state index in [1.165, 1.54) is 12.8 Å². The first-order chi connectivity index (χ1) is 8.66. The number of anilines is 1. The molecule has 98 valence electrons. The largest absolute Gasteiger partial charge is 0.349 e. The fourth-order valence-electron chi connectivity index (χ4n) is 2.49. The first-order valence-electron chi connectivity index (χ1n) is 6.78. The van der Waals surface area contributed by atoms with Crippen molar-refractivity contribution >= 4 is 23.0 Å². The average Bonchev–Trinajstić information content (AvgIpc) is 2.40. The summed E-state index contributed by atoms with van der Waals surface area (Å²) in [5.41, 5.74) is 1.08. The summed E-state index contributed by atoms with van der Waals surface area (Å²) in [6, 6.07) is 10.2. The van der Waals surface area contributed by atoms with Gasteiger partial charge in [0, 0.05) is 18.8 Å². The molecule has 0 amide bonds. The van der Waals surface area contributed by atoms with Gasteiger partial charge in [-0.2, -0.15) is 0 Å². The molecule has 1 N–H and O–H groups in total. The van der Waals surface area contributed by atoms with Crippen molar-refractivity contribution < 1.29 is 0 Å². The summed E-state index contributed by atoms with van der Waals surface area (Å²) in [5.74, 6) is 1.66. The molecule has 1 heterocycles. The lowest BCUT2D eigenvalue weighted by Gasteiger charge is -2.35. The van der Waals surface area contributed by atoms with Gasteiger partial charge in [0.1, 0.15) is 0 Å². The smallest absolute Gasteiger partial charge is 0.173 e. The Morgan fingerprint density at radius 1 is 1.22 bits per heavy atom. The Hall–Kier alpha value is -1.09. The Labute approximate surface area is 115 Å². The number of hydrogen-bond acceptors (Lipinski definition) is 1. The standard InChI is InChI=1S/C15H22N2S/c1-12(2)13-8-10-17(11-9-13)15(18)16-14-6-4-3-5-7-14/h3-7,12-13H,8-11H2,1-2H3,(H,16,18). The lowest BCUT2D eigenvalue weighted by atomic mass is 9.87. The van der Waals surface area contributed by atoms with Gasteiger partial charge in [-0.15, -0.1) is 0 Å². The fraction of sp³-hybridized carbons (Fsp3) is 0.533. The minimum absolute atomic E-state index is 0.794. The van der Waals surface area contributed by atoms with Crippen molar-refractivity contribution in [2.75, 3.05) is 18.4 Å². The van der Waals surface area contributed by atoms with Crippen LogP contribution in [0.25, 0.3) is 0 Å². The Balaban J connectivity index is 1.85. The summed E-state index contributed by atoms with van der Waals surface area (Å²) in [6.45, 7) is 6.81. The molecule has 18 heavy (non-hydrogen) atoms. The molecule has 3 heteroatoms. The average molecular weight is 262 g/mol. The van der Waals surface area contributed by atoms with Crippen LogP contribution in [0.3, 0.4) is 0 Å². The Morgan fingerprint density at radius 3 is 2.39 bits per heavy atom. The van der Waals surface area contributed by atoms with Gasteiger partial charge in [0.25, 0.3) is 0 Å². The first-order valence-corrected chi connectivity index (χ1v) is 7.18. The Morgan fingerprint density at radius 2 is 1.83 bits per heavy atom. The summed E-state index contributed by atoms with van der Waals surface area (Å²) in [6.07, 6.45) is 2.52. The zero-order chi connectivity index (χ0) is 13.0. The van der Waals surface area contributed by atoms with E-state index in [2.05, 4.69) is 24.1 Å². The van der Waals surface area contributed by atoms with Crippen molar-refractivity contribution in [3.05, 3.63) is 30.3 Å². The van der Waals surface area contributed by atoms with Crippen LogP contribution in [0.15, 0.2) is 30.3 Å². The summed E-state index contributed by atoms with van der Waals surface area (Å²) in [4.78, 5) is 2.29. The van der Waals surface area contributed by atoms with Gasteiger partial charge in [-0.25, -0.2) is 0 Å². The zero-order valence-electron chi connectivity index (χ0n) is 11.2. The molecule has 1 fully saturated rings. The normalized spacial score (nSPS) is 16.9. The number of rotatable bonds is 2. The van der Waals surface area contributed by atoms with Crippen molar-refractivity contribution in [2.45, 2.75) is 26.7 Å². The predicted molar refractivity (Wildman–Crippen MR) is 81.8 cm³/mol. The SMILES string of the molecule is CC(C)C1CCN(C(=S)Nc2ccccc2)CC1. The molecule has 1 aromatic carbocycles. The lowest BCUT2D eigenvalue weighted by molar-refractivity contribution is 0.222. The molecule has 0 radical (unpaired) electrons. The lowest BCUT2D eigenvalue weighted by Crippen LogP contribution is -2.41. The number of nitrogens with zero attached hydrogens (tertiary/aromatic N) is 1. The molecule has 0 saturated carbocycles. The minimum Gasteiger partial charge on any atom is -0.349 e. The van der Waals surface area contributed by atoms with Crippen LogP contribution in [-0.2, 0) is 0 Å². The molecule has 0 aromatic heterocycles. The van der Waals surface area contributed by atoms with E-state index in [4.69, 9.17) is 12.2 Å². The second-order valence-corrected chi connectivity index (χ2v) is 5.75. The fourth-order valence-corrected chi connectivity index (χ4v) is 2.79. The maximum absolute atomic E-state index is 5.48. The molecule has 2 rings (SSSR count). The molecule has 0 unspecified atom stereocenters. The predicted octanol–water partition coefficient (Wildman–Crippen LogP) is 3.75. The summed E-state index contributed by atoms with van der Waals surface area (Å²) < 4.78 is 0. The van der Waals surface area contributed by atoms with E-state index in [0.717, 1.165) is 35.7 Å². The summed E-state index contributed by atoms with van der Waals surface area (Å²) >= 11 is 5.48. The molecule has 0 aliphatic carbocycles. The van der Waals surface area contributed by atoms with Crippen LogP contribution in [0.1, 0.15) is 26.7 Å². The van der Waals surface area contributed by atoms with Crippen LogP contribution in [0.5, 0.6) is 0 Å². The highest BCUT2D eigenvalue weighted by Crippen LogP contribution is 2.24. The van der Waals surface area contributed by atoms with Gasteiger partial charge in [0.05, 0.1) is 0 Å². The first kappa shape index (κ1) is 13.3. The number of likely N-dealkylation sites (tertiary alicyclic amines) is 1. The van der Waals surface area contributed by atoms with Gasteiger partial charge in [0.15, 0.2) is 5.11 Å². The van der Waals surface area contributed by atoms with E-state index in [-0.39, 0.29) is 0 Å². The van der Waals surface area contributed by atoms with Crippen molar-refractivity contribution in [3.8, 4) is 0 Å². The number of piperidine rings is 1. The second kappa shape index (κ2) is 6.19. The molecular weight excluding hydrogens is 240 g/mol. The molecule has 1 aliphatic rings. The van der Waals surface area contributed by atoms with E-state index in [1.807, 2.05) is 30.3 Å². The van der Waals surface area contributed by atoms with Crippen molar-refractivity contribution in [1.29, 1.82) is 0 Å². The third-order valence-corrected chi connectivity index (χ3v) is 4.15. The number of para-hydroxylation sites is 1. The minimum atomic E-state index is 0.794. The van der Waals surface area contributed by atoms with Crippen molar-refractivity contribution in [2.24, 2.45) is 11.8 Å². The van der Waals surface area contributed by atoms with E-state index in [1.54, 1.807) is 0 Å². The number of nitrogens with one attached hydrogen (secondary N) is 1. The molecular formula is C15H22N2S. The highest BCUT2D eigenvalue weighted by Gasteiger charge is 2.22. The summed E-state index contributed by atoms with van der Waals surface area (Å²) in [7, 11) is 0. The van der Waals surface area contributed by atoms with Crippen molar-refractivity contribution in [3.63, 3.8) is 0 Å². The van der Waals surface area contributed by atoms with E-state index in [0.29, 0.717) is 0 Å². The van der Waals surface area contributed by atoms with Gasteiger partial charge >= 0.3 is 0 Å². The number of hydrogen-bond donors (Lipinski definition) is 1. The Bertz CT molecular complexity index is 381. The topological polar surface area (TPSA) is 15.3 Å². The molecule has 1 aliphatic heterocycles. The second-order valence-electron chi connectivity index (χ2n) is 5.36. The number of benzene rings is 1. The van der Waals surface area contributed by atoms with Crippen LogP contribution in [0.2, 0.25) is 0 Å². The van der Waals surface area contributed by atoms with Crippen LogP contribution >= 0.6 is 12.2 Å². The van der Waals surface area contributed by atoms with Crippen LogP contribution in [0.4, 0.5) is 5.69 Å². The molecule has 0 spiro atoms. The molecule has 1 aromatic rings. The van der Waals surface area contributed by atoms with Gasteiger partial charge in [-0.05, 0) is 49.0 Å². The summed E-state index contributed by atoms with van der Waals surface area (Å²) in [5, 5.41) is 4.18. The van der Waals surface area contributed by atoms with E-state index in [9.17, 15) is 0 Å². The Kier molecular flexibility index (Phi) is 4.59. The molecule has 1 saturated heterocycles. The third kappa shape index (κ3) is 3.45. The van der Waals surface area contributed by atoms with Gasteiger partial charge in [-0.1, -0.05) is 32.0 Å². The monoisotopic (exact) mass is 262 g/mol. The molecule has 2 nitrogen and oxygen atoms in total.